The summed E-state index contributed by atoms with van der Waals surface area (Å²) >= 11 is 0. The van der Waals surface area contributed by atoms with Crippen LogP contribution in [0.2, 0.25) is 0 Å². The van der Waals surface area contributed by atoms with Crippen LogP contribution in [0.15, 0.2) is 48.5 Å². The first-order valence-corrected chi connectivity index (χ1v) is 8.36. The van der Waals surface area contributed by atoms with Crippen LogP contribution in [0.5, 0.6) is 0 Å². The fraction of sp³-hybridized carbons (Fsp3) is 0.316. The van der Waals surface area contributed by atoms with Crippen molar-refractivity contribution in [3.8, 4) is 0 Å². The van der Waals surface area contributed by atoms with Crippen LogP contribution in [-0.2, 0) is 11.2 Å². The van der Waals surface area contributed by atoms with Crippen molar-refractivity contribution in [3.63, 3.8) is 0 Å². The Hall–Kier alpha value is -2.89. The Balaban J connectivity index is 1.56. The summed E-state index contributed by atoms with van der Waals surface area (Å²) in [7, 11) is 0. The molecule has 1 amide bonds. The van der Waals surface area contributed by atoms with Gasteiger partial charge in [-0.2, -0.15) is 0 Å². The van der Waals surface area contributed by atoms with Crippen LogP contribution in [-0.4, -0.2) is 41.9 Å². The van der Waals surface area contributed by atoms with Crippen LogP contribution in [0.4, 0.5) is 11.4 Å². The number of non-ortho nitro benzene ring substituents is 1. The molecule has 0 spiro atoms. The largest absolute Gasteiger partial charge is 0.368 e. The lowest BCUT2D eigenvalue weighted by molar-refractivity contribution is -0.384. The summed E-state index contributed by atoms with van der Waals surface area (Å²) in [6.45, 7) is 5.12. The molecule has 0 radical (unpaired) electrons. The monoisotopic (exact) mass is 339 g/mol. The van der Waals surface area contributed by atoms with Gasteiger partial charge in [-0.05, 0) is 24.1 Å². The number of carbonyl (C=O) groups is 1. The normalized spacial score (nSPS) is 14.4. The number of amides is 1. The van der Waals surface area contributed by atoms with Gasteiger partial charge < -0.3 is 9.80 Å². The lowest BCUT2D eigenvalue weighted by Gasteiger charge is -2.36. The van der Waals surface area contributed by atoms with Gasteiger partial charge in [-0.3, -0.25) is 14.9 Å². The van der Waals surface area contributed by atoms with Crippen molar-refractivity contribution in [3.05, 3.63) is 69.8 Å². The van der Waals surface area contributed by atoms with Crippen molar-refractivity contribution in [1.29, 1.82) is 0 Å². The Labute approximate surface area is 146 Å². The van der Waals surface area contributed by atoms with Gasteiger partial charge in [-0.25, -0.2) is 0 Å². The van der Waals surface area contributed by atoms with Gasteiger partial charge in [0.1, 0.15) is 0 Å². The SMILES string of the molecule is Cc1ccccc1N1CCN(C(=O)Cc2ccc([N+](=O)[O-])cc2)CC1. The molecular weight excluding hydrogens is 318 g/mol. The summed E-state index contributed by atoms with van der Waals surface area (Å²) in [5.41, 5.74) is 3.32. The Morgan fingerprint density at radius 3 is 2.28 bits per heavy atom. The van der Waals surface area contributed by atoms with E-state index in [9.17, 15) is 14.9 Å². The van der Waals surface area contributed by atoms with Crippen molar-refractivity contribution in [2.24, 2.45) is 0 Å². The van der Waals surface area contributed by atoms with E-state index in [-0.39, 0.29) is 18.0 Å². The maximum atomic E-state index is 12.5. The minimum Gasteiger partial charge on any atom is -0.368 e. The predicted molar refractivity (Wildman–Crippen MR) is 96.8 cm³/mol. The molecule has 6 heteroatoms. The zero-order chi connectivity index (χ0) is 17.8. The highest BCUT2D eigenvalue weighted by Crippen LogP contribution is 2.21. The molecule has 1 aliphatic rings. The number of nitro groups is 1. The van der Waals surface area contributed by atoms with Gasteiger partial charge in [-0.1, -0.05) is 30.3 Å². The lowest BCUT2D eigenvalue weighted by atomic mass is 10.1. The molecule has 2 aromatic rings. The van der Waals surface area contributed by atoms with Crippen LogP contribution in [0.25, 0.3) is 0 Å². The van der Waals surface area contributed by atoms with Crippen LogP contribution in [0, 0.1) is 17.0 Å². The number of nitrogens with zero attached hydrogens (tertiary/aromatic N) is 3. The molecule has 0 saturated carbocycles. The molecule has 1 saturated heterocycles. The topological polar surface area (TPSA) is 66.7 Å². The fourth-order valence-electron chi connectivity index (χ4n) is 3.14. The average molecular weight is 339 g/mol. The molecule has 0 N–H and O–H groups in total. The van der Waals surface area contributed by atoms with E-state index >= 15 is 0 Å². The number of nitro benzene ring substituents is 1. The van der Waals surface area contributed by atoms with Gasteiger partial charge in [0, 0.05) is 44.0 Å². The van der Waals surface area contributed by atoms with Crippen molar-refractivity contribution in [1.82, 2.24) is 4.90 Å². The van der Waals surface area contributed by atoms with Gasteiger partial charge >= 0.3 is 0 Å². The summed E-state index contributed by atoms with van der Waals surface area (Å²) in [5.74, 6) is 0.0679. The molecule has 1 aliphatic heterocycles. The minimum atomic E-state index is -0.434. The summed E-state index contributed by atoms with van der Waals surface area (Å²) in [5, 5.41) is 10.7. The quantitative estimate of drug-likeness (QED) is 0.634. The van der Waals surface area contributed by atoms with Crippen LogP contribution in [0.3, 0.4) is 0 Å². The molecule has 1 heterocycles. The van der Waals surface area contributed by atoms with E-state index < -0.39 is 4.92 Å². The molecule has 6 nitrogen and oxygen atoms in total. The van der Waals surface area contributed by atoms with E-state index in [0.29, 0.717) is 13.1 Å². The van der Waals surface area contributed by atoms with Crippen molar-refractivity contribution >= 4 is 17.3 Å². The van der Waals surface area contributed by atoms with Gasteiger partial charge in [0.15, 0.2) is 0 Å². The minimum absolute atomic E-state index is 0.0445. The van der Waals surface area contributed by atoms with Gasteiger partial charge in [0.05, 0.1) is 11.3 Å². The number of piperazine rings is 1. The zero-order valence-electron chi connectivity index (χ0n) is 14.2. The molecule has 1 fully saturated rings. The number of carbonyl (C=O) groups excluding carboxylic acids is 1. The van der Waals surface area contributed by atoms with Gasteiger partial charge in [0.25, 0.3) is 5.69 Å². The average Bonchev–Trinajstić information content (AvgIpc) is 2.63. The number of para-hydroxylation sites is 1. The maximum Gasteiger partial charge on any atom is 0.269 e. The Morgan fingerprint density at radius 2 is 1.68 bits per heavy atom. The Kier molecular flexibility index (Phi) is 4.97. The molecule has 2 aromatic carbocycles. The van der Waals surface area contributed by atoms with E-state index in [0.717, 1.165) is 18.7 Å². The second-order valence-corrected chi connectivity index (χ2v) is 6.25. The van der Waals surface area contributed by atoms with Crippen molar-refractivity contribution in [2.45, 2.75) is 13.3 Å². The smallest absolute Gasteiger partial charge is 0.269 e. The molecule has 25 heavy (non-hydrogen) atoms. The van der Waals surface area contributed by atoms with Crippen LogP contribution in [0.1, 0.15) is 11.1 Å². The standard InChI is InChI=1S/C19H21N3O3/c1-15-4-2-3-5-18(15)20-10-12-21(13-11-20)19(23)14-16-6-8-17(9-7-16)22(24)25/h2-9H,10-14H2,1H3. The first kappa shape index (κ1) is 17.0. The maximum absolute atomic E-state index is 12.5. The first-order chi connectivity index (χ1) is 12.0. The highest BCUT2D eigenvalue weighted by atomic mass is 16.6. The molecule has 3 rings (SSSR count). The second kappa shape index (κ2) is 7.34. The molecule has 0 aliphatic carbocycles. The third-order valence-corrected chi connectivity index (χ3v) is 4.59. The number of aryl methyl sites for hydroxylation is 1. The highest BCUT2D eigenvalue weighted by molar-refractivity contribution is 5.79. The van der Waals surface area contributed by atoms with E-state index in [2.05, 4.69) is 24.0 Å². The predicted octanol–water partition coefficient (Wildman–Crippen LogP) is 2.79. The van der Waals surface area contributed by atoms with Gasteiger partial charge in [0.2, 0.25) is 5.91 Å². The van der Waals surface area contributed by atoms with E-state index in [1.807, 2.05) is 17.0 Å². The summed E-state index contributed by atoms with van der Waals surface area (Å²) in [4.78, 5) is 26.9. The Morgan fingerprint density at radius 1 is 1.04 bits per heavy atom. The van der Waals surface area contributed by atoms with Crippen LogP contribution < -0.4 is 4.90 Å². The van der Waals surface area contributed by atoms with E-state index in [4.69, 9.17) is 0 Å². The number of hydrogen-bond donors (Lipinski definition) is 0. The number of hydrogen-bond acceptors (Lipinski definition) is 4. The molecule has 0 atom stereocenters. The molecule has 0 unspecified atom stereocenters. The zero-order valence-corrected chi connectivity index (χ0v) is 14.2. The van der Waals surface area contributed by atoms with E-state index in [1.165, 1.54) is 23.4 Å². The molecule has 0 bridgehead atoms. The summed E-state index contributed by atoms with van der Waals surface area (Å²) < 4.78 is 0. The molecule has 130 valence electrons. The number of rotatable bonds is 4. The number of anilines is 1. The van der Waals surface area contributed by atoms with Gasteiger partial charge in [-0.15, -0.1) is 0 Å². The summed E-state index contributed by atoms with van der Waals surface area (Å²) in [6.07, 6.45) is 0.280. The third kappa shape index (κ3) is 3.96. The van der Waals surface area contributed by atoms with Crippen molar-refractivity contribution < 1.29 is 9.72 Å². The van der Waals surface area contributed by atoms with E-state index in [1.54, 1.807) is 12.1 Å². The van der Waals surface area contributed by atoms with Crippen molar-refractivity contribution in [2.75, 3.05) is 31.1 Å². The highest BCUT2D eigenvalue weighted by Gasteiger charge is 2.22. The molecule has 0 aromatic heterocycles. The first-order valence-electron chi connectivity index (χ1n) is 8.36. The molecular formula is C19H21N3O3. The van der Waals surface area contributed by atoms with Crippen LogP contribution >= 0.6 is 0 Å². The Bertz CT molecular complexity index is 766. The fourth-order valence-corrected chi connectivity index (χ4v) is 3.14. The third-order valence-electron chi connectivity index (χ3n) is 4.59. The summed E-state index contributed by atoms with van der Waals surface area (Å²) in [6, 6.07) is 14.5. The number of benzene rings is 2. The second-order valence-electron chi connectivity index (χ2n) is 6.25. The lowest BCUT2D eigenvalue weighted by Crippen LogP contribution is -2.49.